The number of hydrogen-bond acceptors (Lipinski definition) is 3. The predicted molar refractivity (Wildman–Crippen MR) is 116 cm³/mol. The van der Waals surface area contributed by atoms with Crippen LogP contribution in [0.4, 0.5) is 17.6 Å². The third-order valence-electron chi connectivity index (χ3n) is 5.49. The SMILES string of the molecule is CN(Cc1ccc(C(F)(F)F)c(F)c1)[C@@H]1CN(C(Br)C=O)C[C@@H]1c1ccc(Cl)c(Cl)c1. The van der Waals surface area contributed by atoms with Crippen molar-refractivity contribution in [1.82, 2.24) is 9.80 Å². The van der Waals surface area contributed by atoms with E-state index in [0.717, 1.165) is 24.0 Å². The Bertz CT molecular complexity index is 959. The summed E-state index contributed by atoms with van der Waals surface area (Å²) in [7, 11) is 1.82. The minimum absolute atomic E-state index is 0.0425. The van der Waals surface area contributed by atoms with Crippen molar-refractivity contribution in [1.29, 1.82) is 0 Å². The number of rotatable bonds is 6. The summed E-state index contributed by atoms with van der Waals surface area (Å²) in [4.78, 5) is 14.7. The Balaban J connectivity index is 1.85. The van der Waals surface area contributed by atoms with Gasteiger partial charge in [-0.05, 0) is 42.4 Å². The molecule has 1 fully saturated rings. The molecule has 3 nitrogen and oxygen atoms in total. The van der Waals surface area contributed by atoms with E-state index in [4.69, 9.17) is 23.2 Å². The predicted octanol–water partition coefficient (Wildman–Crippen LogP) is 5.97. The van der Waals surface area contributed by atoms with Gasteiger partial charge in [0, 0.05) is 31.6 Å². The van der Waals surface area contributed by atoms with Crippen LogP contribution in [0.25, 0.3) is 0 Å². The normalized spacial score (nSPS) is 20.9. The maximum Gasteiger partial charge on any atom is 0.419 e. The topological polar surface area (TPSA) is 23.6 Å². The van der Waals surface area contributed by atoms with E-state index in [0.29, 0.717) is 28.7 Å². The molecule has 3 atom stereocenters. The summed E-state index contributed by atoms with van der Waals surface area (Å²) < 4.78 is 52.5. The van der Waals surface area contributed by atoms with Gasteiger partial charge in [-0.25, -0.2) is 4.39 Å². The quantitative estimate of drug-likeness (QED) is 0.195. The molecule has 0 aliphatic carbocycles. The van der Waals surface area contributed by atoms with Crippen molar-refractivity contribution in [3.05, 3.63) is 69.0 Å². The number of hydrogen-bond donors (Lipinski definition) is 0. The molecular weight excluding hydrogens is 523 g/mol. The van der Waals surface area contributed by atoms with E-state index in [1.807, 2.05) is 22.9 Å². The molecule has 3 rings (SSSR count). The molecule has 1 heterocycles. The number of aldehydes is 1. The first kappa shape index (κ1) is 24.5. The molecule has 0 amide bonds. The van der Waals surface area contributed by atoms with E-state index in [1.54, 1.807) is 12.1 Å². The van der Waals surface area contributed by atoms with E-state index in [2.05, 4.69) is 15.9 Å². The fraction of sp³-hybridized carbons (Fsp3) is 0.381. The van der Waals surface area contributed by atoms with Gasteiger partial charge in [0.05, 0.1) is 15.6 Å². The van der Waals surface area contributed by atoms with Crippen LogP contribution in [-0.4, -0.2) is 47.2 Å². The average Bonchev–Trinajstić information content (AvgIpc) is 3.14. The van der Waals surface area contributed by atoms with Crippen molar-refractivity contribution in [2.45, 2.75) is 29.6 Å². The maximum absolute atomic E-state index is 14.0. The van der Waals surface area contributed by atoms with Crippen LogP contribution >= 0.6 is 39.1 Å². The van der Waals surface area contributed by atoms with Gasteiger partial charge in [-0.15, -0.1) is 0 Å². The van der Waals surface area contributed by atoms with Gasteiger partial charge in [-0.1, -0.05) is 51.3 Å². The lowest BCUT2D eigenvalue weighted by atomic mass is 9.93. The summed E-state index contributed by atoms with van der Waals surface area (Å²) in [5, 5.41) is 0.839. The molecule has 0 N–H and O–H groups in total. The zero-order valence-corrected chi connectivity index (χ0v) is 19.4. The second kappa shape index (κ2) is 9.75. The lowest BCUT2D eigenvalue weighted by Gasteiger charge is -2.29. The summed E-state index contributed by atoms with van der Waals surface area (Å²) in [6.07, 6.45) is -3.95. The molecule has 1 saturated heterocycles. The van der Waals surface area contributed by atoms with E-state index in [-0.39, 0.29) is 18.5 Å². The first-order chi connectivity index (χ1) is 14.5. The van der Waals surface area contributed by atoms with Gasteiger partial charge >= 0.3 is 6.18 Å². The zero-order valence-electron chi connectivity index (χ0n) is 16.3. The number of likely N-dealkylation sites (N-methyl/N-ethyl adjacent to an activating group) is 1. The molecule has 0 radical (unpaired) electrons. The van der Waals surface area contributed by atoms with Crippen LogP contribution in [-0.2, 0) is 17.5 Å². The highest BCUT2D eigenvalue weighted by Gasteiger charge is 2.39. The number of carbonyl (C=O) groups is 1. The second-order valence-corrected chi connectivity index (χ2v) is 9.29. The van der Waals surface area contributed by atoms with Gasteiger partial charge in [0.25, 0.3) is 0 Å². The Morgan fingerprint density at radius 1 is 1.19 bits per heavy atom. The summed E-state index contributed by atoms with van der Waals surface area (Å²) in [6.45, 7) is 1.32. The summed E-state index contributed by atoms with van der Waals surface area (Å²) >= 11 is 15.6. The van der Waals surface area contributed by atoms with Crippen LogP contribution in [0, 0.1) is 5.82 Å². The van der Waals surface area contributed by atoms with Crippen molar-refractivity contribution in [3.63, 3.8) is 0 Å². The first-order valence-electron chi connectivity index (χ1n) is 9.35. The number of alkyl halides is 4. The molecule has 1 aliphatic heterocycles. The molecule has 31 heavy (non-hydrogen) atoms. The van der Waals surface area contributed by atoms with Crippen LogP contribution in [0.2, 0.25) is 10.0 Å². The summed E-state index contributed by atoms with van der Waals surface area (Å²) in [6, 6.07) is 8.21. The highest BCUT2D eigenvalue weighted by molar-refractivity contribution is 9.09. The molecule has 0 saturated carbocycles. The van der Waals surface area contributed by atoms with Crippen LogP contribution < -0.4 is 0 Å². The lowest BCUT2D eigenvalue weighted by molar-refractivity contribution is -0.140. The number of likely N-dealkylation sites (tertiary alicyclic amines) is 1. The van der Waals surface area contributed by atoms with E-state index in [1.165, 1.54) is 6.07 Å². The molecular formula is C21H19BrCl2F4N2O. The molecule has 2 aromatic rings. The molecule has 10 heteroatoms. The monoisotopic (exact) mass is 540 g/mol. The largest absolute Gasteiger partial charge is 0.419 e. The molecule has 1 unspecified atom stereocenters. The standard InChI is InChI=1S/C21H19BrCl2F4N2O/c1-29(8-12-2-4-15(18(25)6-12)21(26,27)28)19-10-30(20(22)11-31)9-14(19)13-3-5-16(23)17(24)7-13/h2-7,11,14,19-20H,8-10H2,1H3/t14-,19-,20?/m1/s1. The molecule has 2 aromatic carbocycles. The Labute approximate surface area is 196 Å². The number of halogens is 7. The van der Waals surface area contributed by atoms with Crippen LogP contribution in [0.15, 0.2) is 36.4 Å². The van der Waals surface area contributed by atoms with Crippen LogP contribution in [0.1, 0.15) is 22.6 Å². The van der Waals surface area contributed by atoms with Crippen molar-refractivity contribution in [2.24, 2.45) is 0 Å². The van der Waals surface area contributed by atoms with Gasteiger partial charge in [-0.2, -0.15) is 13.2 Å². The fourth-order valence-electron chi connectivity index (χ4n) is 3.91. The first-order valence-corrected chi connectivity index (χ1v) is 11.0. The third-order valence-corrected chi connectivity index (χ3v) is 7.02. The maximum atomic E-state index is 14.0. The fourth-order valence-corrected chi connectivity index (χ4v) is 4.55. The highest BCUT2D eigenvalue weighted by atomic mass is 79.9. The molecule has 0 aromatic heterocycles. The smallest absolute Gasteiger partial charge is 0.301 e. The number of nitrogens with zero attached hydrogens (tertiary/aromatic N) is 2. The van der Waals surface area contributed by atoms with E-state index in [9.17, 15) is 22.4 Å². The lowest BCUT2D eigenvalue weighted by Crippen LogP contribution is -2.38. The number of benzene rings is 2. The minimum Gasteiger partial charge on any atom is -0.301 e. The second-order valence-electron chi connectivity index (χ2n) is 7.54. The van der Waals surface area contributed by atoms with Crippen LogP contribution in [0.3, 0.4) is 0 Å². The van der Waals surface area contributed by atoms with Crippen LogP contribution in [0.5, 0.6) is 0 Å². The minimum atomic E-state index is -4.74. The van der Waals surface area contributed by atoms with Gasteiger partial charge < -0.3 is 4.79 Å². The van der Waals surface area contributed by atoms with Crippen molar-refractivity contribution >= 4 is 45.4 Å². The Kier molecular flexibility index (Phi) is 7.69. The summed E-state index contributed by atoms with van der Waals surface area (Å²) in [5.41, 5.74) is 0.0656. The third kappa shape index (κ3) is 5.60. The Morgan fingerprint density at radius 3 is 2.48 bits per heavy atom. The Hall–Kier alpha value is -1.19. The molecule has 0 spiro atoms. The average molecular weight is 542 g/mol. The van der Waals surface area contributed by atoms with Gasteiger partial charge in [0.2, 0.25) is 0 Å². The van der Waals surface area contributed by atoms with Crippen molar-refractivity contribution in [3.8, 4) is 0 Å². The molecule has 0 bridgehead atoms. The zero-order chi connectivity index (χ0) is 22.9. The van der Waals surface area contributed by atoms with Crippen molar-refractivity contribution in [2.75, 3.05) is 20.1 Å². The molecule has 1 aliphatic rings. The Morgan fingerprint density at radius 2 is 1.90 bits per heavy atom. The summed E-state index contributed by atoms with van der Waals surface area (Å²) in [5.74, 6) is -1.34. The van der Waals surface area contributed by atoms with Crippen molar-refractivity contribution < 1.29 is 22.4 Å². The molecule has 168 valence electrons. The van der Waals surface area contributed by atoms with Gasteiger partial charge in [-0.3, -0.25) is 9.80 Å². The number of carbonyl (C=O) groups excluding carboxylic acids is 1. The van der Waals surface area contributed by atoms with E-state index >= 15 is 0 Å². The highest BCUT2D eigenvalue weighted by Crippen LogP contribution is 2.36. The van der Waals surface area contributed by atoms with E-state index < -0.39 is 22.5 Å². The van der Waals surface area contributed by atoms with Gasteiger partial charge in [0.1, 0.15) is 17.1 Å². The van der Waals surface area contributed by atoms with Gasteiger partial charge in [0.15, 0.2) is 0 Å².